The average molecular weight is 314 g/mol. The Morgan fingerprint density at radius 3 is 2.91 bits per heavy atom. The van der Waals surface area contributed by atoms with Gasteiger partial charge in [0.25, 0.3) is 5.91 Å². The second-order valence-corrected chi connectivity index (χ2v) is 5.21. The summed E-state index contributed by atoms with van der Waals surface area (Å²) in [6.07, 6.45) is 5.10. The third kappa shape index (κ3) is 3.03. The van der Waals surface area contributed by atoms with E-state index in [0.29, 0.717) is 36.8 Å². The maximum atomic E-state index is 12.5. The molecule has 2 heterocycles. The highest BCUT2D eigenvalue weighted by atomic mass is 16.5. The van der Waals surface area contributed by atoms with Crippen LogP contribution in [0.4, 0.5) is 0 Å². The van der Waals surface area contributed by atoms with Crippen molar-refractivity contribution in [1.82, 2.24) is 19.9 Å². The van der Waals surface area contributed by atoms with Crippen molar-refractivity contribution in [1.29, 1.82) is 0 Å². The van der Waals surface area contributed by atoms with Gasteiger partial charge in [0.15, 0.2) is 11.5 Å². The molecule has 0 N–H and O–H groups in total. The van der Waals surface area contributed by atoms with Gasteiger partial charge in [-0.05, 0) is 18.2 Å². The number of ether oxygens (including phenoxy) is 2. The largest absolute Gasteiger partial charge is 0.493 e. The summed E-state index contributed by atoms with van der Waals surface area (Å²) in [6.45, 7) is 5.24. The number of rotatable bonds is 6. The van der Waals surface area contributed by atoms with Gasteiger partial charge in [-0.1, -0.05) is 17.9 Å². The molecule has 1 aliphatic rings. The number of benzene rings is 1. The first-order valence-corrected chi connectivity index (χ1v) is 7.29. The van der Waals surface area contributed by atoms with Crippen molar-refractivity contribution in [2.75, 3.05) is 26.8 Å². The van der Waals surface area contributed by atoms with Gasteiger partial charge < -0.3 is 14.4 Å². The van der Waals surface area contributed by atoms with Crippen LogP contribution in [0.15, 0.2) is 43.2 Å². The highest BCUT2D eigenvalue weighted by molar-refractivity contribution is 5.95. The first kappa shape index (κ1) is 15.1. The predicted molar refractivity (Wildman–Crippen MR) is 83.6 cm³/mol. The second-order valence-electron chi connectivity index (χ2n) is 5.21. The van der Waals surface area contributed by atoms with Crippen molar-refractivity contribution in [3.05, 3.63) is 48.8 Å². The number of hydrogen-bond donors (Lipinski definition) is 0. The van der Waals surface area contributed by atoms with Crippen molar-refractivity contribution in [3.63, 3.8) is 0 Å². The minimum atomic E-state index is -0.0325. The van der Waals surface area contributed by atoms with E-state index in [4.69, 9.17) is 9.47 Å². The van der Waals surface area contributed by atoms with Gasteiger partial charge in [0.05, 0.1) is 19.3 Å². The zero-order valence-corrected chi connectivity index (χ0v) is 12.9. The van der Waals surface area contributed by atoms with E-state index in [9.17, 15) is 4.79 Å². The lowest BCUT2D eigenvalue weighted by Crippen LogP contribution is -2.50. The van der Waals surface area contributed by atoms with E-state index in [1.165, 1.54) is 0 Å². The Balaban J connectivity index is 1.67. The zero-order valence-electron chi connectivity index (χ0n) is 12.9. The number of methoxy groups -OCH3 is 1. The quantitative estimate of drug-likeness (QED) is 0.757. The Labute approximate surface area is 134 Å². The average Bonchev–Trinajstić information content (AvgIpc) is 3.05. The summed E-state index contributed by atoms with van der Waals surface area (Å²) in [4.78, 5) is 14.3. The summed E-state index contributed by atoms with van der Waals surface area (Å²) in [5, 5.41) is 7.74. The molecule has 1 aromatic carbocycles. The Hall–Kier alpha value is -2.83. The van der Waals surface area contributed by atoms with E-state index in [2.05, 4.69) is 16.9 Å². The highest BCUT2D eigenvalue weighted by Gasteiger charge is 2.33. The van der Waals surface area contributed by atoms with Crippen LogP contribution in [0.2, 0.25) is 0 Å². The van der Waals surface area contributed by atoms with Gasteiger partial charge in [0.2, 0.25) is 0 Å². The third-order valence-corrected chi connectivity index (χ3v) is 3.73. The molecule has 0 spiro atoms. The molecule has 7 nitrogen and oxygen atoms in total. The molecule has 1 fully saturated rings. The first-order chi connectivity index (χ1) is 11.2. The van der Waals surface area contributed by atoms with Crippen LogP contribution in [0, 0.1) is 0 Å². The number of carbonyl (C=O) groups excluding carboxylic acids is 1. The van der Waals surface area contributed by atoms with Gasteiger partial charge in [-0.25, -0.2) is 4.68 Å². The summed E-state index contributed by atoms with van der Waals surface area (Å²) in [5.74, 6) is 1.09. The summed E-state index contributed by atoms with van der Waals surface area (Å²) < 4.78 is 12.6. The van der Waals surface area contributed by atoms with Gasteiger partial charge in [0.1, 0.15) is 6.61 Å². The number of aromatic nitrogens is 3. The molecule has 23 heavy (non-hydrogen) atoms. The van der Waals surface area contributed by atoms with Crippen molar-refractivity contribution in [2.24, 2.45) is 0 Å². The Bertz CT molecular complexity index is 693. The Kier molecular flexibility index (Phi) is 4.27. The molecule has 1 aromatic heterocycles. The Morgan fingerprint density at radius 2 is 2.26 bits per heavy atom. The summed E-state index contributed by atoms with van der Waals surface area (Å²) in [5.41, 5.74) is 0.574. The first-order valence-electron chi connectivity index (χ1n) is 7.29. The monoisotopic (exact) mass is 314 g/mol. The normalized spacial score (nSPS) is 14.2. The molecular weight excluding hydrogens is 296 g/mol. The molecule has 0 bridgehead atoms. The van der Waals surface area contributed by atoms with Crippen LogP contribution in [0.1, 0.15) is 16.4 Å². The molecular formula is C16H18N4O3. The van der Waals surface area contributed by atoms with Gasteiger partial charge in [0, 0.05) is 24.8 Å². The van der Waals surface area contributed by atoms with Crippen LogP contribution in [0.3, 0.4) is 0 Å². The lowest BCUT2D eigenvalue weighted by Gasteiger charge is -2.38. The molecule has 0 unspecified atom stereocenters. The van der Waals surface area contributed by atoms with E-state index >= 15 is 0 Å². The molecule has 0 radical (unpaired) electrons. The van der Waals surface area contributed by atoms with Gasteiger partial charge in [-0.2, -0.15) is 0 Å². The summed E-state index contributed by atoms with van der Waals surface area (Å²) in [7, 11) is 1.55. The zero-order chi connectivity index (χ0) is 16.2. The van der Waals surface area contributed by atoms with Crippen LogP contribution in [-0.2, 0) is 0 Å². The number of hydrogen-bond acceptors (Lipinski definition) is 5. The van der Waals surface area contributed by atoms with Crippen molar-refractivity contribution in [2.45, 2.75) is 6.04 Å². The smallest absolute Gasteiger partial charge is 0.254 e. The minimum absolute atomic E-state index is 0.0325. The maximum Gasteiger partial charge on any atom is 0.254 e. The SMILES string of the molecule is C=CCOc1ccc(C(=O)N2CC(n3ccnn3)C2)cc1OC. The second kappa shape index (κ2) is 6.51. The molecule has 1 aliphatic heterocycles. The van der Waals surface area contributed by atoms with Crippen LogP contribution in [-0.4, -0.2) is 52.6 Å². The number of amides is 1. The maximum absolute atomic E-state index is 12.5. The fraction of sp³-hybridized carbons (Fsp3) is 0.312. The van der Waals surface area contributed by atoms with Crippen LogP contribution in [0.25, 0.3) is 0 Å². The predicted octanol–water partition coefficient (Wildman–Crippen LogP) is 1.55. The molecule has 1 amide bonds. The highest BCUT2D eigenvalue weighted by Crippen LogP contribution is 2.30. The van der Waals surface area contributed by atoms with E-state index in [-0.39, 0.29) is 11.9 Å². The lowest BCUT2D eigenvalue weighted by molar-refractivity contribution is 0.0498. The van der Waals surface area contributed by atoms with Crippen molar-refractivity contribution < 1.29 is 14.3 Å². The van der Waals surface area contributed by atoms with Crippen LogP contribution < -0.4 is 9.47 Å². The molecule has 7 heteroatoms. The number of nitrogens with zero attached hydrogens (tertiary/aromatic N) is 4. The number of likely N-dealkylation sites (tertiary alicyclic amines) is 1. The van der Waals surface area contributed by atoms with Gasteiger partial charge in [-0.15, -0.1) is 5.10 Å². The molecule has 120 valence electrons. The fourth-order valence-electron chi connectivity index (χ4n) is 2.45. The van der Waals surface area contributed by atoms with Crippen LogP contribution in [0.5, 0.6) is 11.5 Å². The van der Waals surface area contributed by atoms with E-state index in [1.54, 1.807) is 53.4 Å². The number of carbonyl (C=O) groups is 1. The summed E-state index contributed by atoms with van der Waals surface area (Å²) >= 11 is 0. The standard InChI is InChI=1S/C16H18N4O3/c1-3-8-23-14-5-4-12(9-15(14)22-2)16(21)19-10-13(11-19)20-7-6-17-18-20/h3-7,9,13H,1,8,10-11H2,2H3. The Morgan fingerprint density at radius 1 is 1.43 bits per heavy atom. The van der Waals surface area contributed by atoms with Crippen molar-refractivity contribution in [3.8, 4) is 11.5 Å². The van der Waals surface area contributed by atoms with E-state index in [0.717, 1.165) is 0 Å². The molecule has 3 rings (SSSR count). The summed E-state index contributed by atoms with van der Waals surface area (Å²) in [6, 6.07) is 5.37. The lowest BCUT2D eigenvalue weighted by atomic mass is 10.1. The molecule has 2 aromatic rings. The molecule has 0 aliphatic carbocycles. The van der Waals surface area contributed by atoms with Gasteiger partial charge in [-0.3, -0.25) is 4.79 Å². The van der Waals surface area contributed by atoms with Crippen LogP contribution >= 0.6 is 0 Å². The van der Waals surface area contributed by atoms with E-state index < -0.39 is 0 Å². The molecule has 0 saturated carbocycles. The topological polar surface area (TPSA) is 69.5 Å². The molecule has 0 atom stereocenters. The van der Waals surface area contributed by atoms with Crippen molar-refractivity contribution >= 4 is 5.91 Å². The minimum Gasteiger partial charge on any atom is -0.493 e. The molecule has 1 saturated heterocycles. The fourth-order valence-corrected chi connectivity index (χ4v) is 2.45. The van der Waals surface area contributed by atoms with Gasteiger partial charge >= 0.3 is 0 Å². The van der Waals surface area contributed by atoms with E-state index in [1.807, 2.05) is 0 Å². The third-order valence-electron chi connectivity index (χ3n) is 3.73.